The molecule has 0 aromatic rings. The first-order valence-corrected chi connectivity index (χ1v) is 6.23. The van der Waals surface area contributed by atoms with Crippen molar-refractivity contribution in [1.82, 2.24) is 4.90 Å². The van der Waals surface area contributed by atoms with Gasteiger partial charge >= 0.3 is 51.4 Å². The fraction of sp³-hybridized carbons (Fsp3) is 0.800. The van der Waals surface area contributed by atoms with Crippen molar-refractivity contribution in [2.75, 3.05) is 13.1 Å². The molecule has 0 aromatic carbocycles. The second kappa shape index (κ2) is 20.3. The zero-order valence-electron chi connectivity index (χ0n) is 10.5. The Hall–Kier alpha value is 0.976. The molecule has 0 spiro atoms. The van der Waals surface area contributed by atoms with Crippen LogP contribution in [0.5, 0.6) is 0 Å². The summed E-state index contributed by atoms with van der Waals surface area (Å²) in [6, 6.07) is 0. The molecule has 0 radical (unpaired) electrons. The van der Waals surface area contributed by atoms with Crippen LogP contribution in [0.3, 0.4) is 0 Å². The number of rotatable bonds is 6. The zero-order chi connectivity index (χ0) is 13.0. The van der Waals surface area contributed by atoms with E-state index >= 15 is 0 Å². The Labute approximate surface area is 163 Å². The molecule has 0 aliphatic heterocycles. The van der Waals surface area contributed by atoms with E-state index in [2.05, 4.69) is 31.8 Å². The first-order valence-electron chi connectivity index (χ1n) is 5.41. The summed E-state index contributed by atoms with van der Waals surface area (Å²) in [6.45, 7) is 6.06. The van der Waals surface area contributed by atoms with Crippen molar-refractivity contribution in [2.24, 2.45) is 5.73 Å². The van der Waals surface area contributed by atoms with Crippen molar-refractivity contribution in [3.8, 4) is 0 Å². The standard InChI is InChI=1S/C9H19NOS.CH3NOS.K.H2O.H/c1-3-5-7-10(9(11)12)8-6-4-2;2-1(3)4;;;/h3-8H2,1-2H3,(H,11,12);(H3,2,3,4);;1H2;. The van der Waals surface area contributed by atoms with Crippen LogP contribution in [-0.2, 0) is 0 Å². The monoisotopic (exact) mass is 324 g/mol. The predicted molar refractivity (Wildman–Crippen MR) is 86.8 cm³/mol. The van der Waals surface area contributed by atoms with Gasteiger partial charge in [-0.05, 0) is 37.3 Å². The van der Waals surface area contributed by atoms with Crippen LogP contribution in [0.15, 0.2) is 0 Å². The van der Waals surface area contributed by atoms with E-state index in [-0.39, 0.29) is 62.0 Å². The van der Waals surface area contributed by atoms with Gasteiger partial charge in [-0.25, -0.2) is 0 Å². The molecule has 0 aliphatic carbocycles. The van der Waals surface area contributed by atoms with Gasteiger partial charge < -0.3 is 26.3 Å². The number of nitrogens with two attached hydrogens (primary N) is 1. The average Bonchev–Trinajstić information content (AvgIpc) is 2.16. The number of aliphatic hydroxyl groups is 2. The Morgan fingerprint density at radius 1 is 1.06 bits per heavy atom. The van der Waals surface area contributed by atoms with Crippen molar-refractivity contribution < 1.29 is 15.7 Å². The fourth-order valence-corrected chi connectivity index (χ4v) is 1.18. The third-order valence-electron chi connectivity index (χ3n) is 1.83. The molecule has 0 amide bonds. The predicted octanol–water partition coefficient (Wildman–Crippen LogP) is 1.05. The van der Waals surface area contributed by atoms with Gasteiger partial charge in [-0.15, -0.1) is 0 Å². The number of hydrogen-bond donors (Lipinski definition) is 3. The Balaban J connectivity index is -0.000000143. The Kier molecular flexibility index (Phi) is 30.8. The summed E-state index contributed by atoms with van der Waals surface area (Å²) in [6.07, 6.45) is 4.49. The van der Waals surface area contributed by atoms with E-state index in [0.717, 1.165) is 38.8 Å². The van der Waals surface area contributed by atoms with Crippen LogP contribution in [-0.4, -0.2) is 95.4 Å². The molecule has 0 fully saturated rings. The first kappa shape index (κ1) is 27.3. The Morgan fingerprint density at radius 2 is 1.33 bits per heavy atom. The van der Waals surface area contributed by atoms with E-state index < -0.39 is 5.17 Å². The van der Waals surface area contributed by atoms with Crippen molar-refractivity contribution in [2.45, 2.75) is 39.5 Å². The van der Waals surface area contributed by atoms with Crippen LogP contribution in [0, 0.1) is 0 Å². The molecule has 5 nitrogen and oxygen atoms in total. The first-order chi connectivity index (χ1) is 7.45. The molecule has 0 bridgehead atoms. The maximum atomic E-state index is 9.12. The number of unbranched alkanes of at least 4 members (excludes halogenated alkanes) is 2. The summed E-state index contributed by atoms with van der Waals surface area (Å²) in [5.74, 6) is 0. The number of thiocarbonyl (C=S) groups is 2. The van der Waals surface area contributed by atoms with Crippen LogP contribution in [0.4, 0.5) is 0 Å². The molecule has 18 heavy (non-hydrogen) atoms. The van der Waals surface area contributed by atoms with Gasteiger partial charge in [0.1, 0.15) is 0 Å². The van der Waals surface area contributed by atoms with Crippen LogP contribution < -0.4 is 5.73 Å². The van der Waals surface area contributed by atoms with Gasteiger partial charge in [-0.3, -0.25) is 0 Å². The third kappa shape index (κ3) is 25.7. The molecule has 0 rings (SSSR count). The number of hydrogen-bond acceptors (Lipinski definition) is 2. The quantitative estimate of drug-likeness (QED) is 0.498. The van der Waals surface area contributed by atoms with Gasteiger partial charge in [0.15, 0.2) is 0 Å². The SMILES string of the molecule is CCCCN(CCCC)C(O)=S.NC(O)=S.O.[KH]. The molecule has 8 heteroatoms. The van der Waals surface area contributed by atoms with E-state index in [9.17, 15) is 0 Å². The van der Waals surface area contributed by atoms with Gasteiger partial charge in [0, 0.05) is 13.1 Å². The molecule has 0 atom stereocenters. The molecule has 0 saturated carbocycles. The van der Waals surface area contributed by atoms with E-state index in [1.807, 2.05) is 4.90 Å². The normalized spacial score (nSPS) is 7.89. The second-order valence-electron chi connectivity index (χ2n) is 3.31. The topological polar surface area (TPSA) is 101 Å². The van der Waals surface area contributed by atoms with Crippen LogP contribution in [0.2, 0.25) is 0 Å². The molecule has 0 heterocycles. The summed E-state index contributed by atoms with van der Waals surface area (Å²) >= 11 is 8.60. The molecule has 0 saturated heterocycles. The third-order valence-corrected chi connectivity index (χ3v) is 2.09. The minimum absolute atomic E-state index is 0. The molecule has 0 aromatic heterocycles. The zero-order valence-corrected chi connectivity index (χ0v) is 12.1. The van der Waals surface area contributed by atoms with E-state index in [4.69, 9.17) is 22.4 Å². The summed E-state index contributed by atoms with van der Waals surface area (Å²) < 4.78 is 0. The molecule has 0 aliphatic rings. The summed E-state index contributed by atoms with van der Waals surface area (Å²) in [5, 5.41) is 16.2. The second-order valence-corrected chi connectivity index (χ2v) is 4.10. The summed E-state index contributed by atoms with van der Waals surface area (Å²) in [5.41, 5.74) is 4.40. The van der Waals surface area contributed by atoms with E-state index in [1.165, 1.54) is 0 Å². The molecular weight excluding hydrogens is 299 g/mol. The fourth-order valence-electron chi connectivity index (χ4n) is 1.00. The van der Waals surface area contributed by atoms with Crippen molar-refractivity contribution in [1.29, 1.82) is 0 Å². The number of nitrogens with zero attached hydrogens (tertiary/aromatic N) is 1. The van der Waals surface area contributed by atoms with Crippen molar-refractivity contribution in [3.63, 3.8) is 0 Å². The number of aliphatic hydroxyl groups excluding tert-OH is 2. The minimum atomic E-state index is -0.500. The average molecular weight is 325 g/mol. The Morgan fingerprint density at radius 3 is 1.50 bits per heavy atom. The van der Waals surface area contributed by atoms with Crippen LogP contribution >= 0.6 is 24.4 Å². The maximum absolute atomic E-state index is 9.12. The van der Waals surface area contributed by atoms with Crippen molar-refractivity contribution >= 4 is 86.2 Å². The van der Waals surface area contributed by atoms with Gasteiger partial charge in [-0.1, -0.05) is 26.7 Å². The summed E-state index contributed by atoms with van der Waals surface area (Å²) in [7, 11) is 0. The molecule has 6 N–H and O–H groups in total. The van der Waals surface area contributed by atoms with E-state index in [0.29, 0.717) is 0 Å². The molecule has 106 valence electrons. The van der Waals surface area contributed by atoms with Gasteiger partial charge in [0.05, 0.1) is 0 Å². The van der Waals surface area contributed by atoms with Gasteiger partial charge in [-0.2, -0.15) is 0 Å². The van der Waals surface area contributed by atoms with Crippen LogP contribution in [0.1, 0.15) is 39.5 Å². The van der Waals surface area contributed by atoms with Crippen LogP contribution in [0.25, 0.3) is 0 Å². The summed E-state index contributed by atoms with van der Waals surface area (Å²) in [4.78, 5) is 1.88. The molecule has 0 unspecified atom stereocenters. The van der Waals surface area contributed by atoms with Gasteiger partial charge in [0.2, 0.25) is 0 Å². The molecular formula is C10H25KN2O3S2. The Bertz CT molecular complexity index is 198. The van der Waals surface area contributed by atoms with Gasteiger partial charge in [0.25, 0.3) is 10.3 Å². The van der Waals surface area contributed by atoms with Crippen molar-refractivity contribution in [3.05, 3.63) is 0 Å². The van der Waals surface area contributed by atoms with E-state index in [1.54, 1.807) is 0 Å².